The largest absolute Gasteiger partial charge is 0.493 e. The Morgan fingerprint density at radius 2 is 1.94 bits per heavy atom. The molecule has 0 saturated carbocycles. The van der Waals surface area contributed by atoms with E-state index in [-0.39, 0.29) is 12.7 Å². The number of methoxy groups -OCH3 is 1. The Morgan fingerprint density at radius 3 is 2.79 bits per heavy atom. The van der Waals surface area contributed by atoms with Crippen LogP contribution in [0.3, 0.4) is 0 Å². The molecule has 1 saturated heterocycles. The van der Waals surface area contributed by atoms with Crippen LogP contribution >= 0.6 is 0 Å². The van der Waals surface area contributed by atoms with Crippen molar-refractivity contribution < 1.29 is 18.6 Å². The Morgan fingerprint density at radius 1 is 1.06 bits per heavy atom. The summed E-state index contributed by atoms with van der Waals surface area (Å²) >= 11 is 0. The number of hydrogen-bond acceptors (Lipinski definition) is 8. The van der Waals surface area contributed by atoms with Crippen LogP contribution in [0, 0.1) is 0 Å². The lowest BCUT2D eigenvalue weighted by Crippen LogP contribution is -2.25. The smallest absolute Gasteiger partial charge is 0.233 e. The summed E-state index contributed by atoms with van der Waals surface area (Å²) in [5, 5.41) is 0.847. The van der Waals surface area contributed by atoms with Gasteiger partial charge in [0.05, 0.1) is 49.7 Å². The van der Waals surface area contributed by atoms with Gasteiger partial charge in [0.25, 0.3) is 0 Å². The number of aromatic nitrogens is 4. The molecule has 1 aliphatic rings. The van der Waals surface area contributed by atoms with Crippen molar-refractivity contribution in [3.63, 3.8) is 0 Å². The van der Waals surface area contributed by atoms with Gasteiger partial charge in [-0.25, -0.2) is 19.9 Å². The first kappa shape index (κ1) is 21.1. The molecule has 9 heteroatoms. The van der Waals surface area contributed by atoms with E-state index in [1.54, 1.807) is 19.6 Å². The molecule has 3 heterocycles. The van der Waals surface area contributed by atoms with Crippen molar-refractivity contribution in [1.82, 2.24) is 19.9 Å². The Bertz CT molecular complexity index is 1270. The van der Waals surface area contributed by atoms with Gasteiger partial charge in [0, 0.05) is 30.8 Å². The number of hydrogen-bond donors (Lipinski definition) is 0. The van der Waals surface area contributed by atoms with Gasteiger partial charge >= 0.3 is 0 Å². The Balaban J connectivity index is 1.36. The predicted octanol–water partition coefficient (Wildman–Crippen LogP) is 3.98. The summed E-state index contributed by atoms with van der Waals surface area (Å²) in [6, 6.07) is 11.4. The predicted molar refractivity (Wildman–Crippen MR) is 123 cm³/mol. The molecule has 8 nitrogen and oxygen atoms in total. The maximum Gasteiger partial charge on any atom is 0.233 e. The highest BCUT2D eigenvalue weighted by atomic mass is 19.1. The van der Waals surface area contributed by atoms with Gasteiger partial charge in [-0.1, -0.05) is 12.1 Å². The quantitative estimate of drug-likeness (QED) is 0.374. The SMILES string of the molecule is COc1cc2ncnc(N3CCC(Oc4cnc5ccccc5n4)C3)c2cc1OCCCF. The highest BCUT2D eigenvalue weighted by Crippen LogP contribution is 2.36. The number of benzene rings is 2. The van der Waals surface area contributed by atoms with Gasteiger partial charge in [0.2, 0.25) is 5.88 Å². The summed E-state index contributed by atoms with van der Waals surface area (Å²) in [6.45, 7) is 1.28. The lowest BCUT2D eigenvalue weighted by molar-refractivity contribution is 0.216. The van der Waals surface area contributed by atoms with E-state index in [4.69, 9.17) is 14.2 Å². The molecule has 0 spiro atoms. The first-order chi connectivity index (χ1) is 16.2. The number of alkyl halides is 1. The van der Waals surface area contributed by atoms with Crippen LogP contribution in [0.5, 0.6) is 17.4 Å². The average molecular weight is 449 g/mol. The molecule has 2 aromatic carbocycles. The van der Waals surface area contributed by atoms with Crippen LogP contribution in [0.2, 0.25) is 0 Å². The van der Waals surface area contributed by atoms with E-state index in [2.05, 4.69) is 24.8 Å². The zero-order valence-corrected chi connectivity index (χ0v) is 18.3. The third kappa shape index (κ3) is 4.44. The molecule has 0 bridgehead atoms. The second-order valence-electron chi connectivity index (χ2n) is 7.78. The number of anilines is 1. The Kier molecular flexibility index (Phi) is 6.01. The maximum absolute atomic E-state index is 12.5. The van der Waals surface area contributed by atoms with Crippen molar-refractivity contribution in [2.24, 2.45) is 0 Å². The summed E-state index contributed by atoms with van der Waals surface area (Å²) in [5.74, 6) is 2.42. The van der Waals surface area contributed by atoms with E-state index in [1.165, 1.54) is 0 Å². The standard InChI is InChI=1S/C24H24FN5O3/c1-31-21-12-20-17(11-22(21)32-10-4-8-25)24(28-15-27-20)30-9-7-16(14-30)33-23-13-26-18-5-2-3-6-19(18)29-23/h2-3,5-6,11-13,15-16H,4,7-10,14H2,1H3. The molecule has 2 aromatic heterocycles. The highest BCUT2D eigenvalue weighted by Gasteiger charge is 2.27. The van der Waals surface area contributed by atoms with Crippen LogP contribution in [0.4, 0.5) is 10.2 Å². The topological polar surface area (TPSA) is 82.5 Å². The number of rotatable bonds is 8. The summed E-state index contributed by atoms with van der Waals surface area (Å²) in [6.07, 6.45) is 4.32. The summed E-state index contributed by atoms with van der Waals surface area (Å²) < 4.78 is 29.8. The Labute approximate surface area is 190 Å². The van der Waals surface area contributed by atoms with Crippen molar-refractivity contribution in [1.29, 1.82) is 0 Å². The van der Waals surface area contributed by atoms with E-state index >= 15 is 0 Å². The monoisotopic (exact) mass is 449 g/mol. The van der Waals surface area contributed by atoms with E-state index in [9.17, 15) is 4.39 Å². The zero-order chi connectivity index (χ0) is 22.6. The van der Waals surface area contributed by atoms with Gasteiger partial charge in [-0.05, 0) is 18.2 Å². The number of halogens is 1. The summed E-state index contributed by atoms with van der Waals surface area (Å²) in [5.41, 5.74) is 2.39. The lowest BCUT2D eigenvalue weighted by Gasteiger charge is -2.20. The molecule has 1 atom stereocenters. The van der Waals surface area contributed by atoms with Crippen molar-refractivity contribution in [2.45, 2.75) is 18.9 Å². The molecule has 1 unspecified atom stereocenters. The van der Waals surface area contributed by atoms with E-state index in [0.717, 1.165) is 40.7 Å². The normalized spacial score (nSPS) is 15.8. The average Bonchev–Trinajstić information content (AvgIpc) is 3.31. The lowest BCUT2D eigenvalue weighted by atomic mass is 10.2. The van der Waals surface area contributed by atoms with E-state index < -0.39 is 6.67 Å². The van der Waals surface area contributed by atoms with E-state index in [0.29, 0.717) is 30.3 Å². The van der Waals surface area contributed by atoms with Crippen LogP contribution < -0.4 is 19.1 Å². The van der Waals surface area contributed by atoms with Crippen molar-refractivity contribution in [3.8, 4) is 17.4 Å². The molecule has 0 N–H and O–H groups in total. The molecule has 0 aliphatic carbocycles. The van der Waals surface area contributed by atoms with Crippen LogP contribution in [-0.4, -0.2) is 59.5 Å². The van der Waals surface area contributed by atoms with E-state index in [1.807, 2.05) is 36.4 Å². The molecule has 4 aromatic rings. The van der Waals surface area contributed by atoms with Gasteiger partial charge in [-0.2, -0.15) is 0 Å². The first-order valence-electron chi connectivity index (χ1n) is 10.9. The number of para-hydroxylation sites is 2. The summed E-state index contributed by atoms with van der Waals surface area (Å²) in [4.78, 5) is 20.1. The molecule has 170 valence electrons. The van der Waals surface area contributed by atoms with Crippen LogP contribution in [-0.2, 0) is 0 Å². The fourth-order valence-corrected chi connectivity index (χ4v) is 4.00. The maximum atomic E-state index is 12.5. The van der Waals surface area contributed by atoms with Crippen molar-refractivity contribution >= 4 is 27.8 Å². The third-order valence-corrected chi connectivity index (χ3v) is 5.59. The van der Waals surface area contributed by atoms with Gasteiger partial charge < -0.3 is 19.1 Å². The molecular formula is C24H24FN5O3. The van der Waals surface area contributed by atoms with Gasteiger partial charge in [0.15, 0.2) is 11.5 Å². The van der Waals surface area contributed by atoms with Crippen molar-refractivity contribution in [2.75, 3.05) is 38.4 Å². The first-order valence-corrected chi connectivity index (χ1v) is 10.9. The Hall–Kier alpha value is -3.75. The fraction of sp³-hybridized carbons (Fsp3) is 0.333. The van der Waals surface area contributed by atoms with Gasteiger partial charge in [-0.3, -0.25) is 4.39 Å². The van der Waals surface area contributed by atoms with Crippen LogP contribution in [0.25, 0.3) is 21.9 Å². The summed E-state index contributed by atoms with van der Waals surface area (Å²) in [7, 11) is 1.57. The second-order valence-corrected chi connectivity index (χ2v) is 7.78. The number of ether oxygens (including phenoxy) is 3. The van der Waals surface area contributed by atoms with Crippen LogP contribution in [0.15, 0.2) is 48.9 Å². The minimum absolute atomic E-state index is 0.0380. The number of nitrogens with zero attached hydrogens (tertiary/aromatic N) is 5. The van der Waals surface area contributed by atoms with Gasteiger partial charge in [0.1, 0.15) is 18.2 Å². The third-order valence-electron chi connectivity index (χ3n) is 5.59. The minimum atomic E-state index is -0.430. The molecule has 5 rings (SSSR count). The highest BCUT2D eigenvalue weighted by molar-refractivity contribution is 5.92. The van der Waals surface area contributed by atoms with Gasteiger partial charge in [-0.15, -0.1) is 0 Å². The molecule has 0 amide bonds. The van der Waals surface area contributed by atoms with Crippen LogP contribution in [0.1, 0.15) is 12.8 Å². The van der Waals surface area contributed by atoms with Crippen molar-refractivity contribution in [3.05, 3.63) is 48.9 Å². The molecule has 1 fully saturated rings. The zero-order valence-electron chi connectivity index (χ0n) is 18.3. The second kappa shape index (κ2) is 9.40. The molecule has 0 radical (unpaired) electrons. The molecule has 33 heavy (non-hydrogen) atoms. The molecular weight excluding hydrogens is 425 g/mol. The fourth-order valence-electron chi connectivity index (χ4n) is 4.00. The number of fused-ring (bicyclic) bond motifs is 2. The molecule has 1 aliphatic heterocycles. The minimum Gasteiger partial charge on any atom is -0.493 e.